The molecule has 0 atom stereocenters. The largest absolute Gasteiger partial charge is 0.321 e. The molecule has 3 rings (SSSR count). The van der Waals surface area contributed by atoms with E-state index in [1.54, 1.807) is 61.8 Å². The Labute approximate surface area is 167 Å². The fourth-order valence-electron chi connectivity index (χ4n) is 2.54. The number of aromatic nitrogens is 1. The van der Waals surface area contributed by atoms with E-state index in [0.29, 0.717) is 21.8 Å². The predicted molar refractivity (Wildman–Crippen MR) is 110 cm³/mol. The predicted octanol–water partition coefficient (Wildman–Crippen LogP) is 4.06. The van der Waals surface area contributed by atoms with Crippen molar-refractivity contribution in [2.24, 2.45) is 5.10 Å². The third kappa shape index (κ3) is 4.81. The van der Waals surface area contributed by atoms with Gasteiger partial charge in [-0.05, 0) is 42.8 Å². The second kappa shape index (κ2) is 8.92. The number of hydrogen-bond donors (Lipinski definition) is 2. The van der Waals surface area contributed by atoms with E-state index < -0.39 is 5.91 Å². The first-order chi connectivity index (χ1) is 13.5. The lowest BCUT2D eigenvalue weighted by Crippen LogP contribution is -2.22. The van der Waals surface area contributed by atoms with Crippen LogP contribution < -0.4 is 10.7 Å². The van der Waals surface area contributed by atoms with Crippen molar-refractivity contribution in [2.45, 2.75) is 6.92 Å². The molecule has 0 aliphatic rings. The molecule has 6 nitrogen and oxygen atoms in total. The van der Waals surface area contributed by atoms with Gasteiger partial charge in [0.1, 0.15) is 0 Å². The van der Waals surface area contributed by atoms with E-state index in [2.05, 4.69) is 20.8 Å². The van der Waals surface area contributed by atoms with Crippen molar-refractivity contribution in [1.29, 1.82) is 0 Å². The number of amides is 2. The van der Waals surface area contributed by atoms with Crippen LogP contribution in [0.5, 0.6) is 0 Å². The molecule has 140 valence electrons. The fourth-order valence-corrected chi connectivity index (χ4v) is 2.81. The molecule has 0 bridgehead atoms. The van der Waals surface area contributed by atoms with Crippen LogP contribution >= 0.6 is 11.6 Å². The number of aryl methyl sites for hydroxylation is 1. The molecule has 0 unspecified atom stereocenters. The standard InChI is InChI=1S/C21H17ClN4O2/c1-14-10-17(22)11-18(19(14)25-20(27)16-7-3-2-4-8-16)21(28)26-24-13-15-6-5-9-23-12-15/h2-13H,1H3,(H,25,27)(H,26,28)/b24-13+. The maximum absolute atomic E-state index is 12.6. The van der Waals surface area contributed by atoms with Gasteiger partial charge in [0, 0.05) is 28.5 Å². The number of benzene rings is 2. The van der Waals surface area contributed by atoms with Crippen molar-refractivity contribution in [3.63, 3.8) is 0 Å². The number of hydrazone groups is 1. The molecule has 28 heavy (non-hydrogen) atoms. The Morgan fingerprint density at radius 3 is 2.57 bits per heavy atom. The molecule has 0 aliphatic heterocycles. The van der Waals surface area contributed by atoms with Gasteiger partial charge in [0.2, 0.25) is 0 Å². The summed E-state index contributed by atoms with van der Waals surface area (Å²) in [7, 11) is 0. The van der Waals surface area contributed by atoms with Crippen molar-refractivity contribution >= 4 is 35.3 Å². The van der Waals surface area contributed by atoms with Crippen LogP contribution in [0.2, 0.25) is 5.02 Å². The maximum Gasteiger partial charge on any atom is 0.273 e. The van der Waals surface area contributed by atoms with Gasteiger partial charge in [0.25, 0.3) is 11.8 Å². The molecule has 2 N–H and O–H groups in total. The van der Waals surface area contributed by atoms with Crippen LogP contribution in [0.15, 0.2) is 72.1 Å². The summed E-state index contributed by atoms with van der Waals surface area (Å²) < 4.78 is 0. The molecule has 2 aromatic carbocycles. The zero-order chi connectivity index (χ0) is 19.9. The van der Waals surface area contributed by atoms with Crippen molar-refractivity contribution in [2.75, 3.05) is 5.32 Å². The summed E-state index contributed by atoms with van der Waals surface area (Å²) in [5.74, 6) is -0.812. The molecule has 0 saturated heterocycles. The lowest BCUT2D eigenvalue weighted by Gasteiger charge is -2.14. The molecule has 0 saturated carbocycles. The first kappa shape index (κ1) is 19.3. The van der Waals surface area contributed by atoms with E-state index in [1.165, 1.54) is 12.3 Å². The van der Waals surface area contributed by atoms with E-state index in [-0.39, 0.29) is 11.5 Å². The zero-order valence-corrected chi connectivity index (χ0v) is 15.8. The van der Waals surface area contributed by atoms with Gasteiger partial charge in [-0.3, -0.25) is 14.6 Å². The molecule has 7 heteroatoms. The van der Waals surface area contributed by atoms with E-state index in [9.17, 15) is 9.59 Å². The van der Waals surface area contributed by atoms with E-state index >= 15 is 0 Å². The monoisotopic (exact) mass is 392 g/mol. The smallest absolute Gasteiger partial charge is 0.273 e. The lowest BCUT2D eigenvalue weighted by atomic mass is 10.1. The highest BCUT2D eigenvalue weighted by atomic mass is 35.5. The van der Waals surface area contributed by atoms with Crippen LogP contribution in [0.3, 0.4) is 0 Å². The number of nitrogens with zero attached hydrogens (tertiary/aromatic N) is 2. The third-order valence-corrected chi connectivity index (χ3v) is 4.10. The van der Waals surface area contributed by atoms with Crippen LogP contribution in [-0.4, -0.2) is 23.0 Å². The van der Waals surface area contributed by atoms with Crippen molar-refractivity contribution in [3.8, 4) is 0 Å². The molecule has 1 aromatic heterocycles. The first-order valence-corrected chi connectivity index (χ1v) is 8.82. The number of hydrogen-bond acceptors (Lipinski definition) is 4. The quantitative estimate of drug-likeness (QED) is 0.507. The van der Waals surface area contributed by atoms with Crippen molar-refractivity contribution in [3.05, 3.63) is 94.3 Å². The maximum atomic E-state index is 12.6. The Kier molecular flexibility index (Phi) is 6.14. The fraction of sp³-hybridized carbons (Fsp3) is 0.0476. The van der Waals surface area contributed by atoms with Gasteiger partial charge in [-0.2, -0.15) is 5.10 Å². The van der Waals surface area contributed by atoms with E-state index in [4.69, 9.17) is 11.6 Å². The number of halogens is 1. The normalized spacial score (nSPS) is 10.6. The molecule has 2 amide bonds. The summed E-state index contributed by atoms with van der Waals surface area (Å²) in [6, 6.07) is 15.5. The number of carbonyl (C=O) groups is 2. The molecular formula is C21H17ClN4O2. The van der Waals surface area contributed by atoms with Gasteiger partial charge < -0.3 is 5.32 Å². The number of nitrogens with one attached hydrogen (secondary N) is 2. The first-order valence-electron chi connectivity index (χ1n) is 8.44. The van der Waals surface area contributed by atoms with Gasteiger partial charge in [-0.1, -0.05) is 35.9 Å². The minimum Gasteiger partial charge on any atom is -0.321 e. The number of rotatable bonds is 5. The number of anilines is 1. The van der Waals surface area contributed by atoms with Crippen LogP contribution in [0.25, 0.3) is 0 Å². The third-order valence-electron chi connectivity index (χ3n) is 3.88. The second-order valence-corrected chi connectivity index (χ2v) is 6.39. The van der Waals surface area contributed by atoms with Crippen LogP contribution in [0, 0.1) is 6.92 Å². The molecule has 0 radical (unpaired) electrons. The van der Waals surface area contributed by atoms with Crippen LogP contribution in [-0.2, 0) is 0 Å². The molecular weight excluding hydrogens is 376 g/mol. The van der Waals surface area contributed by atoms with Gasteiger partial charge in [0.15, 0.2) is 0 Å². The minimum atomic E-state index is -0.492. The Hall–Kier alpha value is -3.51. The van der Waals surface area contributed by atoms with Gasteiger partial charge >= 0.3 is 0 Å². The van der Waals surface area contributed by atoms with Gasteiger partial charge in [0.05, 0.1) is 17.5 Å². The second-order valence-electron chi connectivity index (χ2n) is 5.95. The molecule has 3 aromatic rings. The zero-order valence-electron chi connectivity index (χ0n) is 15.0. The Balaban J connectivity index is 1.82. The number of pyridine rings is 1. The average molecular weight is 393 g/mol. The highest BCUT2D eigenvalue weighted by Crippen LogP contribution is 2.26. The highest BCUT2D eigenvalue weighted by Gasteiger charge is 2.17. The van der Waals surface area contributed by atoms with Gasteiger partial charge in [-0.25, -0.2) is 5.43 Å². The lowest BCUT2D eigenvalue weighted by molar-refractivity contribution is 0.0956. The van der Waals surface area contributed by atoms with Crippen molar-refractivity contribution in [1.82, 2.24) is 10.4 Å². The summed E-state index contributed by atoms with van der Waals surface area (Å²) in [5, 5.41) is 7.11. The summed E-state index contributed by atoms with van der Waals surface area (Å²) >= 11 is 6.11. The highest BCUT2D eigenvalue weighted by molar-refractivity contribution is 6.31. The Morgan fingerprint density at radius 2 is 1.86 bits per heavy atom. The van der Waals surface area contributed by atoms with E-state index in [1.807, 2.05) is 6.07 Å². The van der Waals surface area contributed by atoms with Crippen LogP contribution in [0.1, 0.15) is 31.8 Å². The Bertz CT molecular complexity index is 1020. The average Bonchev–Trinajstić information content (AvgIpc) is 2.71. The van der Waals surface area contributed by atoms with Gasteiger partial charge in [-0.15, -0.1) is 0 Å². The summed E-state index contributed by atoms with van der Waals surface area (Å²) in [5.41, 5.74) is 4.94. The molecule has 1 heterocycles. The van der Waals surface area contributed by atoms with Crippen molar-refractivity contribution < 1.29 is 9.59 Å². The van der Waals surface area contributed by atoms with Crippen LogP contribution in [0.4, 0.5) is 5.69 Å². The summed E-state index contributed by atoms with van der Waals surface area (Å²) in [4.78, 5) is 29.1. The summed E-state index contributed by atoms with van der Waals surface area (Å²) in [6.07, 6.45) is 4.74. The number of carbonyl (C=O) groups excluding carboxylic acids is 2. The molecule has 0 fully saturated rings. The minimum absolute atomic E-state index is 0.220. The Morgan fingerprint density at radius 1 is 1.07 bits per heavy atom. The van der Waals surface area contributed by atoms with E-state index in [0.717, 1.165) is 5.56 Å². The molecule has 0 spiro atoms. The topological polar surface area (TPSA) is 83.4 Å². The SMILES string of the molecule is Cc1cc(Cl)cc(C(=O)N/N=C/c2cccnc2)c1NC(=O)c1ccccc1. The summed E-state index contributed by atoms with van der Waals surface area (Å²) in [6.45, 7) is 1.77. The molecule has 0 aliphatic carbocycles.